The molecule has 2 aromatic heterocycles. The fraction of sp³-hybridized carbons (Fsp3) is 0.107. The fourth-order valence-electron chi connectivity index (χ4n) is 4.56. The number of fused-ring (bicyclic) bond motifs is 1. The van der Waals surface area contributed by atoms with E-state index in [-0.39, 0.29) is 5.56 Å². The van der Waals surface area contributed by atoms with Crippen molar-refractivity contribution >= 4 is 28.8 Å². The van der Waals surface area contributed by atoms with Gasteiger partial charge in [-0.05, 0) is 52.6 Å². The lowest BCUT2D eigenvalue weighted by atomic mass is 9.82. The van der Waals surface area contributed by atoms with Gasteiger partial charge in [0, 0.05) is 36.1 Å². The number of aldehydes is 1. The lowest BCUT2D eigenvalue weighted by molar-refractivity contribution is 0.112. The van der Waals surface area contributed by atoms with Crippen LogP contribution in [0.1, 0.15) is 27.2 Å². The highest BCUT2D eigenvalue weighted by molar-refractivity contribution is 6.30. The van der Waals surface area contributed by atoms with Crippen LogP contribution in [0.4, 0.5) is 0 Å². The molecule has 0 spiro atoms. The Hall–Kier alpha value is -4.00. The summed E-state index contributed by atoms with van der Waals surface area (Å²) in [5.41, 5.74) is 2.73. The van der Waals surface area contributed by atoms with Crippen LogP contribution in [0.2, 0.25) is 5.02 Å². The van der Waals surface area contributed by atoms with E-state index in [0.29, 0.717) is 38.5 Å². The van der Waals surface area contributed by atoms with Crippen molar-refractivity contribution in [2.24, 2.45) is 14.1 Å². The van der Waals surface area contributed by atoms with Gasteiger partial charge in [-0.15, -0.1) is 0 Å². The maximum absolute atomic E-state index is 12.8. The molecule has 1 N–H and O–H groups in total. The highest BCUT2D eigenvalue weighted by atomic mass is 35.5. The Labute approximate surface area is 206 Å². The third-order valence-corrected chi connectivity index (χ3v) is 6.70. The highest BCUT2D eigenvalue weighted by Crippen LogP contribution is 2.39. The average molecular weight is 484 g/mol. The maximum Gasteiger partial charge on any atom is 0.251 e. The van der Waals surface area contributed by atoms with Gasteiger partial charge in [-0.25, -0.2) is 4.98 Å². The molecule has 0 aliphatic carbocycles. The molecule has 6 nitrogen and oxygen atoms in total. The predicted molar refractivity (Wildman–Crippen MR) is 137 cm³/mol. The molecule has 35 heavy (non-hydrogen) atoms. The molecule has 174 valence electrons. The van der Waals surface area contributed by atoms with Crippen LogP contribution in [-0.2, 0) is 19.7 Å². The zero-order chi connectivity index (χ0) is 24.7. The number of aliphatic hydroxyl groups is 1. The van der Waals surface area contributed by atoms with Gasteiger partial charge in [0.25, 0.3) is 5.56 Å². The quantitative estimate of drug-likeness (QED) is 0.368. The molecule has 7 heteroatoms. The van der Waals surface area contributed by atoms with Crippen molar-refractivity contribution in [1.82, 2.24) is 14.1 Å². The second kappa shape index (κ2) is 8.65. The molecule has 0 amide bonds. The fourth-order valence-corrected chi connectivity index (χ4v) is 4.69. The monoisotopic (exact) mass is 483 g/mol. The first-order valence-corrected chi connectivity index (χ1v) is 11.4. The van der Waals surface area contributed by atoms with Crippen molar-refractivity contribution in [3.8, 4) is 11.1 Å². The lowest BCUT2D eigenvalue weighted by Gasteiger charge is -2.30. The van der Waals surface area contributed by atoms with Gasteiger partial charge in [-0.1, -0.05) is 48.0 Å². The van der Waals surface area contributed by atoms with Crippen LogP contribution in [-0.4, -0.2) is 25.5 Å². The van der Waals surface area contributed by atoms with Crippen molar-refractivity contribution in [3.63, 3.8) is 0 Å². The lowest BCUT2D eigenvalue weighted by Crippen LogP contribution is -2.31. The minimum absolute atomic E-state index is 0.170. The summed E-state index contributed by atoms with van der Waals surface area (Å²) in [5, 5.41) is 13.6. The zero-order valence-electron chi connectivity index (χ0n) is 19.1. The minimum atomic E-state index is -1.54. The van der Waals surface area contributed by atoms with Crippen molar-refractivity contribution < 1.29 is 9.90 Å². The van der Waals surface area contributed by atoms with Crippen molar-refractivity contribution in [1.29, 1.82) is 0 Å². The summed E-state index contributed by atoms with van der Waals surface area (Å²) < 4.78 is 3.34. The number of carbonyl (C=O) groups is 1. The molecule has 0 saturated heterocycles. The van der Waals surface area contributed by atoms with E-state index in [2.05, 4.69) is 4.98 Å². The van der Waals surface area contributed by atoms with Gasteiger partial charge in [-0.2, -0.15) is 0 Å². The number of benzene rings is 3. The zero-order valence-corrected chi connectivity index (χ0v) is 19.9. The number of aromatic nitrogens is 3. The Morgan fingerprint density at radius 1 is 0.971 bits per heavy atom. The van der Waals surface area contributed by atoms with Crippen LogP contribution >= 0.6 is 11.6 Å². The Bertz CT molecular complexity index is 1640. The molecule has 0 bridgehead atoms. The number of nitrogens with zero attached hydrogens (tertiary/aromatic N) is 3. The number of hydrogen-bond acceptors (Lipinski definition) is 4. The van der Waals surface area contributed by atoms with Gasteiger partial charge < -0.3 is 14.2 Å². The summed E-state index contributed by atoms with van der Waals surface area (Å²) in [7, 11) is 3.53. The topological polar surface area (TPSA) is 77.1 Å². The van der Waals surface area contributed by atoms with Crippen LogP contribution in [0, 0.1) is 0 Å². The summed E-state index contributed by atoms with van der Waals surface area (Å²) >= 11 is 6.13. The van der Waals surface area contributed by atoms with Gasteiger partial charge in [0.2, 0.25) is 0 Å². The Morgan fingerprint density at radius 3 is 2.40 bits per heavy atom. The molecule has 1 unspecified atom stereocenters. The Balaban J connectivity index is 1.83. The van der Waals surface area contributed by atoms with Crippen molar-refractivity contribution in [2.75, 3.05) is 0 Å². The Morgan fingerprint density at radius 2 is 1.71 bits per heavy atom. The van der Waals surface area contributed by atoms with Crippen molar-refractivity contribution in [2.45, 2.75) is 5.60 Å². The Kier molecular flexibility index (Phi) is 5.63. The molecule has 0 saturated carbocycles. The molecule has 0 fully saturated rings. The first-order chi connectivity index (χ1) is 16.8. The standard InChI is InChI=1S/C28H22ClN3O3/c1-31-17-30-15-26(31)28(35,20-6-9-22(29)10-7-20)21-8-11-25-24(13-21)23(14-27(34)32(25)2)19-5-3-4-18(12-19)16-33/h3-17,35H,1-2H3. The van der Waals surface area contributed by atoms with Crippen LogP contribution in [0.3, 0.4) is 0 Å². The van der Waals surface area contributed by atoms with Gasteiger partial charge in [0.1, 0.15) is 6.29 Å². The average Bonchev–Trinajstić information content (AvgIpc) is 3.32. The molecule has 3 aromatic carbocycles. The summed E-state index contributed by atoms with van der Waals surface area (Å²) in [6.45, 7) is 0. The molecule has 0 radical (unpaired) electrons. The molecule has 0 aliphatic rings. The predicted octanol–water partition coefficient (Wildman–Crippen LogP) is 4.69. The smallest absolute Gasteiger partial charge is 0.251 e. The van der Waals surface area contributed by atoms with Crippen LogP contribution in [0.5, 0.6) is 0 Å². The van der Waals surface area contributed by atoms with E-state index in [1.165, 1.54) is 0 Å². The van der Waals surface area contributed by atoms with E-state index < -0.39 is 5.60 Å². The minimum Gasteiger partial charge on any atom is -0.374 e. The van der Waals surface area contributed by atoms with Gasteiger partial charge in [0.05, 0.1) is 23.7 Å². The van der Waals surface area contributed by atoms with Gasteiger partial charge in [-0.3, -0.25) is 9.59 Å². The summed E-state index contributed by atoms with van der Waals surface area (Å²) in [6.07, 6.45) is 4.05. The van der Waals surface area contributed by atoms with E-state index >= 15 is 0 Å². The van der Waals surface area contributed by atoms with E-state index in [9.17, 15) is 14.7 Å². The molecule has 0 aliphatic heterocycles. The molecule has 5 aromatic rings. The number of pyridine rings is 1. The third-order valence-electron chi connectivity index (χ3n) is 6.45. The highest BCUT2D eigenvalue weighted by Gasteiger charge is 2.37. The molecular formula is C28H22ClN3O3. The number of hydrogen-bond donors (Lipinski definition) is 1. The van der Waals surface area contributed by atoms with Gasteiger partial charge >= 0.3 is 0 Å². The first-order valence-electron chi connectivity index (χ1n) is 11.0. The first kappa shape index (κ1) is 22.8. The van der Waals surface area contributed by atoms with Crippen LogP contribution < -0.4 is 5.56 Å². The van der Waals surface area contributed by atoms with E-state index in [0.717, 1.165) is 17.2 Å². The molecular weight excluding hydrogens is 462 g/mol. The third kappa shape index (κ3) is 3.77. The largest absolute Gasteiger partial charge is 0.374 e. The normalized spacial score (nSPS) is 13.0. The number of carbonyl (C=O) groups excluding carboxylic acids is 1. The summed E-state index contributed by atoms with van der Waals surface area (Å²) in [6, 6.07) is 21.2. The van der Waals surface area contributed by atoms with Crippen molar-refractivity contribution in [3.05, 3.63) is 123 Å². The molecule has 2 heterocycles. The second-order valence-electron chi connectivity index (χ2n) is 8.54. The maximum atomic E-state index is 12.8. The number of halogens is 1. The molecule has 5 rings (SSSR count). The van der Waals surface area contributed by atoms with Crippen LogP contribution in [0.25, 0.3) is 22.0 Å². The summed E-state index contributed by atoms with van der Waals surface area (Å²) in [5.74, 6) is 0. The number of aryl methyl sites for hydroxylation is 2. The van der Waals surface area contributed by atoms with E-state index in [4.69, 9.17) is 11.6 Å². The number of imidazole rings is 1. The van der Waals surface area contributed by atoms with Crippen LogP contribution in [0.15, 0.2) is 90.1 Å². The van der Waals surface area contributed by atoms with E-state index in [1.807, 2.05) is 31.3 Å². The molecule has 1 atom stereocenters. The second-order valence-corrected chi connectivity index (χ2v) is 8.97. The van der Waals surface area contributed by atoms with E-state index in [1.54, 1.807) is 77.2 Å². The SMILES string of the molecule is Cn1cncc1C(O)(c1ccc(Cl)cc1)c1ccc2c(c1)c(-c1cccc(C=O)c1)cc(=O)n2C. The van der Waals surface area contributed by atoms with Gasteiger partial charge in [0.15, 0.2) is 5.60 Å². The number of rotatable bonds is 5. The summed E-state index contributed by atoms with van der Waals surface area (Å²) in [4.78, 5) is 28.4.